The Kier molecular flexibility index (Phi) is 7.82. The quantitative estimate of drug-likeness (QED) is 0.250. The van der Waals surface area contributed by atoms with Crippen LogP contribution in [0.3, 0.4) is 0 Å². The molecule has 3 aromatic rings. The molecule has 0 bridgehead atoms. The minimum atomic E-state index is -0.344. The van der Waals surface area contributed by atoms with Gasteiger partial charge in [0.1, 0.15) is 5.75 Å². The number of nitrogens with zero attached hydrogens (tertiary/aromatic N) is 2. The lowest BCUT2D eigenvalue weighted by Crippen LogP contribution is -2.17. The number of hydrogen-bond donors (Lipinski definition) is 0. The SMILES string of the molecule is CCCCN=c1scc(-c2ccc(OC(=O)c3ccccc3)cc2)n1CCCC. The van der Waals surface area contributed by atoms with E-state index >= 15 is 0 Å². The number of carbonyl (C=O) groups excluding carboxylic acids is 1. The molecule has 152 valence electrons. The van der Waals surface area contributed by atoms with Crippen molar-refractivity contribution in [3.05, 3.63) is 70.3 Å². The van der Waals surface area contributed by atoms with E-state index in [-0.39, 0.29) is 5.97 Å². The molecule has 3 rings (SSSR count). The summed E-state index contributed by atoms with van der Waals surface area (Å²) in [4.78, 5) is 18.1. The lowest BCUT2D eigenvalue weighted by molar-refractivity contribution is 0.0735. The summed E-state index contributed by atoms with van der Waals surface area (Å²) in [6.07, 6.45) is 4.53. The number of hydrogen-bond acceptors (Lipinski definition) is 4. The minimum Gasteiger partial charge on any atom is -0.423 e. The highest BCUT2D eigenvalue weighted by Gasteiger charge is 2.10. The highest BCUT2D eigenvalue weighted by Crippen LogP contribution is 2.24. The number of benzene rings is 2. The highest BCUT2D eigenvalue weighted by molar-refractivity contribution is 7.07. The van der Waals surface area contributed by atoms with E-state index < -0.39 is 0 Å². The topological polar surface area (TPSA) is 43.6 Å². The largest absolute Gasteiger partial charge is 0.423 e. The normalized spacial score (nSPS) is 11.6. The van der Waals surface area contributed by atoms with E-state index in [1.807, 2.05) is 42.5 Å². The molecule has 0 aliphatic heterocycles. The van der Waals surface area contributed by atoms with Crippen molar-refractivity contribution in [3.63, 3.8) is 0 Å². The van der Waals surface area contributed by atoms with Crippen molar-refractivity contribution in [2.45, 2.75) is 46.1 Å². The van der Waals surface area contributed by atoms with Crippen LogP contribution >= 0.6 is 11.3 Å². The van der Waals surface area contributed by atoms with E-state index in [0.717, 1.165) is 49.1 Å². The molecular weight excluding hydrogens is 380 g/mol. The molecule has 2 aromatic carbocycles. The molecule has 0 aliphatic rings. The van der Waals surface area contributed by atoms with E-state index in [1.54, 1.807) is 23.5 Å². The van der Waals surface area contributed by atoms with Crippen LogP contribution in [0, 0.1) is 0 Å². The number of aromatic nitrogens is 1. The van der Waals surface area contributed by atoms with Crippen molar-refractivity contribution >= 4 is 17.3 Å². The maximum absolute atomic E-state index is 12.2. The van der Waals surface area contributed by atoms with Crippen LogP contribution in [0.2, 0.25) is 0 Å². The third kappa shape index (κ3) is 5.67. The fourth-order valence-electron chi connectivity index (χ4n) is 2.98. The zero-order chi connectivity index (χ0) is 20.5. The molecule has 0 spiro atoms. The first-order valence-corrected chi connectivity index (χ1v) is 11.2. The van der Waals surface area contributed by atoms with Gasteiger partial charge in [-0.2, -0.15) is 0 Å². The molecule has 0 amide bonds. The maximum atomic E-state index is 12.2. The van der Waals surface area contributed by atoms with Crippen LogP contribution in [0.4, 0.5) is 0 Å². The second-order valence-electron chi connectivity index (χ2n) is 6.92. The Morgan fingerprint density at radius 3 is 2.41 bits per heavy atom. The lowest BCUT2D eigenvalue weighted by atomic mass is 10.1. The molecule has 5 heteroatoms. The minimum absolute atomic E-state index is 0.344. The molecule has 4 nitrogen and oxygen atoms in total. The average molecular weight is 409 g/mol. The molecule has 0 N–H and O–H groups in total. The third-order valence-electron chi connectivity index (χ3n) is 4.66. The summed E-state index contributed by atoms with van der Waals surface area (Å²) in [7, 11) is 0. The Balaban J connectivity index is 1.80. The third-order valence-corrected chi connectivity index (χ3v) is 5.56. The van der Waals surface area contributed by atoms with Crippen molar-refractivity contribution in [2.24, 2.45) is 4.99 Å². The van der Waals surface area contributed by atoms with Crippen molar-refractivity contribution < 1.29 is 9.53 Å². The first-order chi connectivity index (χ1) is 14.2. The van der Waals surface area contributed by atoms with E-state index in [9.17, 15) is 4.79 Å². The Bertz CT molecular complexity index is 972. The monoisotopic (exact) mass is 408 g/mol. The van der Waals surface area contributed by atoms with Gasteiger partial charge in [0.05, 0.1) is 11.3 Å². The summed E-state index contributed by atoms with van der Waals surface area (Å²) >= 11 is 1.69. The van der Waals surface area contributed by atoms with Crippen molar-refractivity contribution in [1.29, 1.82) is 0 Å². The van der Waals surface area contributed by atoms with Gasteiger partial charge >= 0.3 is 5.97 Å². The van der Waals surface area contributed by atoms with Crippen LogP contribution in [0.1, 0.15) is 49.9 Å². The molecule has 1 aromatic heterocycles. The van der Waals surface area contributed by atoms with Crippen molar-refractivity contribution in [3.8, 4) is 17.0 Å². The van der Waals surface area contributed by atoms with Gasteiger partial charge in [0.25, 0.3) is 0 Å². The summed E-state index contributed by atoms with van der Waals surface area (Å²) in [6.45, 7) is 6.23. The molecule has 0 saturated carbocycles. The Morgan fingerprint density at radius 1 is 1.00 bits per heavy atom. The van der Waals surface area contributed by atoms with Crippen LogP contribution in [0.15, 0.2) is 65.0 Å². The standard InChI is InChI=1S/C24H28N2O2S/c1-3-5-16-25-24-26(17-6-4-2)22(18-29-24)19-12-14-21(15-13-19)28-23(27)20-10-8-7-9-11-20/h7-15,18H,3-6,16-17H2,1-2H3. The van der Waals surface area contributed by atoms with Gasteiger partial charge in [-0.05, 0) is 54.8 Å². The predicted molar refractivity (Wildman–Crippen MR) is 119 cm³/mol. The van der Waals surface area contributed by atoms with Crippen molar-refractivity contribution in [2.75, 3.05) is 6.54 Å². The van der Waals surface area contributed by atoms with Gasteiger partial charge < -0.3 is 9.30 Å². The highest BCUT2D eigenvalue weighted by atomic mass is 32.1. The molecule has 29 heavy (non-hydrogen) atoms. The zero-order valence-electron chi connectivity index (χ0n) is 17.1. The van der Waals surface area contributed by atoms with Gasteiger partial charge in [0, 0.05) is 18.5 Å². The van der Waals surface area contributed by atoms with Gasteiger partial charge in [0.2, 0.25) is 0 Å². The van der Waals surface area contributed by atoms with Gasteiger partial charge in [-0.3, -0.25) is 4.99 Å². The summed E-state index contributed by atoms with van der Waals surface area (Å²) in [5.41, 5.74) is 2.82. The van der Waals surface area contributed by atoms with E-state index in [4.69, 9.17) is 9.73 Å². The van der Waals surface area contributed by atoms with Gasteiger partial charge in [0.15, 0.2) is 4.80 Å². The van der Waals surface area contributed by atoms with Crippen LogP contribution < -0.4 is 9.54 Å². The molecule has 1 heterocycles. The van der Waals surface area contributed by atoms with Gasteiger partial charge in [-0.1, -0.05) is 44.9 Å². The average Bonchev–Trinajstić information content (AvgIpc) is 3.16. The number of esters is 1. The molecule has 0 unspecified atom stereocenters. The van der Waals surface area contributed by atoms with Crippen LogP contribution in [-0.2, 0) is 6.54 Å². The number of ether oxygens (including phenoxy) is 1. The molecule has 0 saturated heterocycles. The Morgan fingerprint density at radius 2 is 1.72 bits per heavy atom. The maximum Gasteiger partial charge on any atom is 0.343 e. The summed E-state index contributed by atoms with van der Waals surface area (Å²) in [5, 5.41) is 2.17. The molecular formula is C24H28N2O2S. The molecule has 0 aliphatic carbocycles. The summed E-state index contributed by atoms with van der Waals surface area (Å²) in [6, 6.07) is 16.8. The summed E-state index contributed by atoms with van der Waals surface area (Å²) in [5.74, 6) is 0.203. The second kappa shape index (κ2) is 10.8. The number of unbranched alkanes of at least 4 members (excludes halogenated alkanes) is 2. The first-order valence-electron chi connectivity index (χ1n) is 10.3. The van der Waals surface area contributed by atoms with Crippen LogP contribution in [0.5, 0.6) is 5.75 Å². The molecule has 0 atom stereocenters. The van der Waals surface area contributed by atoms with Crippen LogP contribution in [0.25, 0.3) is 11.3 Å². The number of rotatable bonds is 9. The fraction of sp³-hybridized carbons (Fsp3) is 0.333. The Labute approximate surface area is 176 Å². The molecule has 0 radical (unpaired) electrons. The number of carbonyl (C=O) groups is 1. The van der Waals surface area contributed by atoms with Crippen LogP contribution in [-0.4, -0.2) is 17.1 Å². The zero-order valence-corrected chi connectivity index (χ0v) is 18.0. The Hall–Kier alpha value is -2.66. The first kappa shape index (κ1) is 21.1. The second-order valence-corrected chi connectivity index (χ2v) is 7.76. The van der Waals surface area contributed by atoms with Gasteiger partial charge in [-0.25, -0.2) is 4.79 Å². The van der Waals surface area contributed by atoms with Crippen molar-refractivity contribution in [1.82, 2.24) is 4.57 Å². The fourth-order valence-corrected chi connectivity index (χ4v) is 3.95. The predicted octanol–water partition coefficient (Wildman–Crippen LogP) is 5.94. The van der Waals surface area contributed by atoms with Gasteiger partial charge in [-0.15, -0.1) is 11.3 Å². The summed E-state index contributed by atoms with van der Waals surface area (Å²) < 4.78 is 7.81. The number of thiazole rings is 1. The van der Waals surface area contributed by atoms with E-state index in [0.29, 0.717) is 11.3 Å². The van der Waals surface area contributed by atoms with E-state index in [1.165, 1.54) is 5.69 Å². The molecule has 0 fully saturated rings. The smallest absolute Gasteiger partial charge is 0.343 e. The lowest BCUT2D eigenvalue weighted by Gasteiger charge is -2.10. The van der Waals surface area contributed by atoms with E-state index in [2.05, 4.69) is 23.8 Å².